The lowest BCUT2D eigenvalue weighted by Gasteiger charge is -2.26. The zero-order valence-electron chi connectivity index (χ0n) is 15.3. The molecule has 1 saturated heterocycles. The van der Waals surface area contributed by atoms with Gasteiger partial charge in [-0.05, 0) is 13.8 Å². The molecule has 4 heterocycles. The predicted octanol–water partition coefficient (Wildman–Crippen LogP) is 2.07. The number of nitrogens with two attached hydrogens (primary N) is 1. The summed E-state index contributed by atoms with van der Waals surface area (Å²) in [5.74, 6) is 1.00. The lowest BCUT2D eigenvalue weighted by Crippen LogP contribution is -2.31. The van der Waals surface area contributed by atoms with Gasteiger partial charge < -0.3 is 21.1 Å². The van der Waals surface area contributed by atoms with Crippen molar-refractivity contribution in [3.8, 4) is 0 Å². The Hall–Kier alpha value is -2.78. The number of halogens is 1. The Balaban J connectivity index is 1.65. The largest absolute Gasteiger partial charge is 0.493 e. The second kappa shape index (κ2) is 6.99. The molecule has 0 radical (unpaired) electrons. The van der Waals surface area contributed by atoms with Crippen molar-refractivity contribution in [1.82, 2.24) is 10.2 Å². The minimum atomic E-state index is -0.326. The van der Waals surface area contributed by atoms with Crippen LogP contribution in [0.2, 0.25) is 0 Å². The third-order valence-electron chi connectivity index (χ3n) is 4.65. The van der Waals surface area contributed by atoms with Gasteiger partial charge in [0, 0.05) is 11.1 Å². The molecular weight excluding hydrogens is 402 g/mol. The number of thiophene rings is 1. The number of carbonyl (C=O) groups excluding carboxylic acids is 2. The van der Waals surface area contributed by atoms with Crippen LogP contribution in [-0.4, -0.2) is 42.4 Å². The van der Waals surface area contributed by atoms with Crippen molar-refractivity contribution in [1.29, 1.82) is 0 Å². The molecule has 1 fully saturated rings. The van der Waals surface area contributed by atoms with Crippen molar-refractivity contribution in [3.05, 3.63) is 49.7 Å². The Morgan fingerprint density at radius 2 is 2.29 bits per heavy atom. The Morgan fingerprint density at radius 1 is 1.54 bits per heavy atom. The minimum Gasteiger partial charge on any atom is -0.493 e. The molecule has 3 aliphatic rings. The molecule has 4 rings (SSSR count). The normalized spacial score (nSPS) is 19.1. The van der Waals surface area contributed by atoms with Crippen LogP contribution in [0.15, 0.2) is 44.2 Å². The number of amides is 2. The van der Waals surface area contributed by atoms with Gasteiger partial charge in [-0.15, -0.1) is 11.3 Å². The number of ether oxygens (including phenoxy) is 1. The van der Waals surface area contributed by atoms with Gasteiger partial charge in [0.05, 0.1) is 32.4 Å². The van der Waals surface area contributed by atoms with Gasteiger partial charge in [-0.25, -0.2) is 4.99 Å². The summed E-state index contributed by atoms with van der Waals surface area (Å²) in [6, 6.07) is 0. The van der Waals surface area contributed by atoms with E-state index >= 15 is 0 Å². The molecule has 4 N–H and O–H groups in total. The molecule has 10 heteroatoms. The van der Waals surface area contributed by atoms with Gasteiger partial charge in [-0.1, -0.05) is 17.7 Å². The number of carbonyl (C=O) groups is 2. The molecule has 0 atom stereocenters. The molecule has 2 amide bonds. The van der Waals surface area contributed by atoms with Crippen molar-refractivity contribution >= 4 is 46.3 Å². The third-order valence-corrected chi connectivity index (χ3v) is 6.04. The van der Waals surface area contributed by atoms with Crippen LogP contribution in [0.25, 0.3) is 0 Å². The van der Waals surface area contributed by atoms with E-state index in [1.54, 1.807) is 30.2 Å². The molecule has 146 valence electrons. The number of rotatable bonds is 4. The maximum absolute atomic E-state index is 13.0. The molecule has 0 spiro atoms. The lowest BCUT2D eigenvalue weighted by molar-refractivity contribution is -0.112. The summed E-state index contributed by atoms with van der Waals surface area (Å²) in [6.07, 6.45) is 1.67. The zero-order chi connectivity index (χ0) is 20.0. The number of fused-ring (bicyclic) bond motifs is 1. The molecule has 1 aromatic rings. The predicted molar refractivity (Wildman–Crippen MR) is 108 cm³/mol. The number of anilines is 1. The molecule has 0 bridgehead atoms. The quantitative estimate of drug-likeness (QED) is 0.511. The van der Waals surface area contributed by atoms with Crippen molar-refractivity contribution in [2.45, 2.75) is 13.8 Å². The van der Waals surface area contributed by atoms with Crippen LogP contribution >= 0.6 is 22.9 Å². The van der Waals surface area contributed by atoms with E-state index in [0.717, 1.165) is 10.5 Å². The first-order valence-electron chi connectivity index (χ1n) is 8.59. The molecule has 0 saturated carbocycles. The second-order valence-corrected chi connectivity index (χ2v) is 7.62. The first-order chi connectivity index (χ1) is 13.4. The van der Waals surface area contributed by atoms with E-state index in [4.69, 9.17) is 22.1 Å². The van der Waals surface area contributed by atoms with Crippen LogP contribution in [0.5, 0.6) is 0 Å². The van der Waals surface area contributed by atoms with Gasteiger partial charge in [0.15, 0.2) is 5.84 Å². The monoisotopic (exact) mass is 419 g/mol. The van der Waals surface area contributed by atoms with Crippen LogP contribution in [0.4, 0.5) is 5.69 Å². The summed E-state index contributed by atoms with van der Waals surface area (Å²) < 4.78 is 5.32. The highest BCUT2D eigenvalue weighted by molar-refractivity contribution is 7.13. The highest BCUT2D eigenvalue weighted by Gasteiger charge is 2.39. The van der Waals surface area contributed by atoms with Gasteiger partial charge in [0.1, 0.15) is 25.6 Å². The van der Waals surface area contributed by atoms with E-state index in [1.807, 2.05) is 0 Å². The zero-order valence-corrected chi connectivity index (χ0v) is 16.8. The summed E-state index contributed by atoms with van der Waals surface area (Å²) in [5, 5.41) is 8.01. The number of nitrogens with one attached hydrogen (secondary N) is 2. The average molecular weight is 420 g/mol. The van der Waals surface area contributed by atoms with Crippen molar-refractivity contribution in [3.63, 3.8) is 0 Å². The average Bonchev–Trinajstić information content (AvgIpc) is 3.25. The number of hydrogen-bond acceptors (Lipinski definition) is 7. The van der Waals surface area contributed by atoms with Gasteiger partial charge in [-0.2, -0.15) is 0 Å². The number of aliphatic imine (C=N–C) groups is 1. The maximum Gasteiger partial charge on any atom is 0.258 e. The maximum atomic E-state index is 13.0. The number of nitrogens with zero attached hydrogens (tertiary/aromatic N) is 2. The topological polar surface area (TPSA) is 109 Å². The fraction of sp³-hybridized carbons (Fsp3) is 0.278. The Bertz CT molecular complexity index is 1020. The summed E-state index contributed by atoms with van der Waals surface area (Å²) >= 11 is 7.78. The van der Waals surface area contributed by atoms with Crippen molar-refractivity contribution in [2.75, 3.05) is 25.1 Å². The van der Waals surface area contributed by atoms with E-state index in [9.17, 15) is 9.59 Å². The summed E-state index contributed by atoms with van der Waals surface area (Å²) in [6.45, 7) is 4.58. The van der Waals surface area contributed by atoms with E-state index in [2.05, 4.69) is 15.6 Å². The van der Waals surface area contributed by atoms with Crippen LogP contribution in [-0.2, 0) is 9.53 Å². The van der Waals surface area contributed by atoms with E-state index in [1.165, 1.54) is 11.3 Å². The molecule has 1 aromatic heterocycles. The van der Waals surface area contributed by atoms with Crippen LogP contribution in [0.1, 0.15) is 29.1 Å². The second-order valence-electron chi connectivity index (χ2n) is 6.36. The van der Waals surface area contributed by atoms with Crippen LogP contribution in [0, 0.1) is 0 Å². The molecule has 0 aliphatic carbocycles. The van der Waals surface area contributed by atoms with Crippen LogP contribution in [0.3, 0.4) is 0 Å². The summed E-state index contributed by atoms with van der Waals surface area (Å²) in [7, 11) is 0. The van der Waals surface area contributed by atoms with E-state index in [-0.39, 0.29) is 16.8 Å². The van der Waals surface area contributed by atoms with Gasteiger partial charge in [0.2, 0.25) is 5.91 Å². The highest BCUT2D eigenvalue weighted by Crippen LogP contribution is 2.35. The Morgan fingerprint density at radius 3 is 2.86 bits per heavy atom. The molecule has 0 aromatic carbocycles. The molecule has 28 heavy (non-hydrogen) atoms. The number of amidine groups is 1. The highest BCUT2D eigenvalue weighted by atomic mass is 35.5. The SMILES string of the molecule is C/C=C(N)\C(Cl)=C(\NC(=O)c1csc2c1NCN=C2N1CC1=O)C1=C(C)OC1. The fourth-order valence-corrected chi connectivity index (χ4v) is 4.19. The Labute approximate surface area is 170 Å². The van der Waals surface area contributed by atoms with E-state index < -0.39 is 0 Å². The lowest BCUT2D eigenvalue weighted by atomic mass is 10.1. The number of allylic oxidation sites excluding steroid dienone is 3. The van der Waals surface area contributed by atoms with E-state index in [0.29, 0.717) is 54.1 Å². The van der Waals surface area contributed by atoms with Crippen molar-refractivity contribution < 1.29 is 14.3 Å². The summed E-state index contributed by atoms with van der Waals surface area (Å²) in [4.78, 5) is 31.2. The van der Waals surface area contributed by atoms with Crippen LogP contribution < -0.4 is 16.4 Å². The Kier molecular flexibility index (Phi) is 4.64. The first kappa shape index (κ1) is 18.6. The van der Waals surface area contributed by atoms with Gasteiger partial charge >= 0.3 is 0 Å². The first-order valence-corrected chi connectivity index (χ1v) is 9.84. The molecule has 3 aliphatic heterocycles. The molecular formula is C18H18ClN5O3S. The number of hydrogen-bond donors (Lipinski definition) is 3. The molecule has 8 nitrogen and oxygen atoms in total. The fourth-order valence-electron chi connectivity index (χ4n) is 2.88. The summed E-state index contributed by atoms with van der Waals surface area (Å²) in [5.41, 5.74) is 8.68. The third kappa shape index (κ3) is 3.06. The smallest absolute Gasteiger partial charge is 0.258 e. The van der Waals surface area contributed by atoms with Crippen molar-refractivity contribution in [2.24, 2.45) is 10.7 Å². The van der Waals surface area contributed by atoms with Gasteiger partial charge in [0.25, 0.3) is 5.91 Å². The minimum absolute atomic E-state index is 0.0252. The standard InChI is InChI=1S/C18H18ClN5O3S/c1-3-11(20)13(19)14(9-5-27-8(9)2)23-18(26)10-6-28-16-15(10)21-7-22-17(16)24-4-12(24)25/h3,6,21H,4-5,7,20H2,1-2H3,(H,23,26)/b11-3+,14-13-. The van der Waals surface area contributed by atoms with Gasteiger partial charge in [-0.3, -0.25) is 14.5 Å². The molecule has 0 unspecified atom stereocenters.